The van der Waals surface area contributed by atoms with E-state index < -0.39 is 0 Å². The van der Waals surface area contributed by atoms with Crippen molar-refractivity contribution >= 4 is 41.1 Å². The zero-order chi connectivity index (χ0) is 22.5. The molecule has 6 nitrogen and oxygen atoms in total. The lowest BCUT2D eigenvalue weighted by Gasteiger charge is -2.34. The fraction of sp³-hybridized carbons (Fsp3) is 0.208. The molecule has 1 aliphatic rings. The first kappa shape index (κ1) is 22.2. The van der Waals surface area contributed by atoms with Crippen LogP contribution in [0.15, 0.2) is 71.8 Å². The van der Waals surface area contributed by atoms with Crippen molar-refractivity contribution < 1.29 is 9.59 Å². The predicted octanol–water partition coefficient (Wildman–Crippen LogP) is 4.76. The first-order valence-electron chi connectivity index (χ1n) is 10.3. The highest BCUT2D eigenvalue weighted by Crippen LogP contribution is 2.28. The SMILES string of the molecule is Cc1c(Cl)cccc1SNc1ccc(C(=O)N2CCN(C(=O)c3ccccn3)CC2)cc1. The van der Waals surface area contributed by atoms with Gasteiger partial charge in [0.1, 0.15) is 5.69 Å². The summed E-state index contributed by atoms with van der Waals surface area (Å²) in [4.78, 5) is 34.1. The summed E-state index contributed by atoms with van der Waals surface area (Å²) >= 11 is 7.66. The molecule has 0 unspecified atom stereocenters. The number of hydrogen-bond donors (Lipinski definition) is 1. The fourth-order valence-electron chi connectivity index (χ4n) is 3.44. The van der Waals surface area contributed by atoms with Crippen molar-refractivity contribution in [3.8, 4) is 0 Å². The smallest absolute Gasteiger partial charge is 0.272 e. The number of hydrogen-bond acceptors (Lipinski definition) is 5. The number of carbonyl (C=O) groups is 2. The molecular formula is C24H23ClN4O2S. The van der Waals surface area contributed by atoms with Gasteiger partial charge in [-0.25, -0.2) is 0 Å². The molecule has 2 amide bonds. The highest BCUT2D eigenvalue weighted by Gasteiger charge is 2.26. The van der Waals surface area contributed by atoms with Crippen molar-refractivity contribution in [1.82, 2.24) is 14.8 Å². The van der Waals surface area contributed by atoms with Gasteiger partial charge in [-0.3, -0.25) is 14.6 Å². The number of anilines is 1. The van der Waals surface area contributed by atoms with Crippen molar-refractivity contribution in [1.29, 1.82) is 0 Å². The van der Waals surface area contributed by atoms with Gasteiger partial charge in [0.2, 0.25) is 0 Å². The number of rotatable bonds is 5. The normalized spacial score (nSPS) is 13.7. The highest BCUT2D eigenvalue weighted by molar-refractivity contribution is 8.00. The summed E-state index contributed by atoms with van der Waals surface area (Å²) in [6.45, 7) is 3.98. The largest absolute Gasteiger partial charge is 0.335 e. The lowest BCUT2D eigenvalue weighted by molar-refractivity contribution is 0.0532. The van der Waals surface area contributed by atoms with E-state index in [1.807, 2.05) is 49.4 Å². The van der Waals surface area contributed by atoms with Crippen LogP contribution in [0.2, 0.25) is 5.02 Å². The number of piperazine rings is 1. The summed E-state index contributed by atoms with van der Waals surface area (Å²) in [6, 6.07) is 18.5. The molecule has 0 aliphatic carbocycles. The third-order valence-electron chi connectivity index (χ3n) is 5.37. The molecule has 1 aromatic heterocycles. The van der Waals surface area contributed by atoms with Gasteiger partial charge in [0.05, 0.1) is 0 Å². The maximum Gasteiger partial charge on any atom is 0.272 e. The van der Waals surface area contributed by atoms with Gasteiger partial charge in [-0.2, -0.15) is 0 Å². The Hall–Kier alpha value is -3.03. The van der Waals surface area contributed by atoms with E-state index in [1.165, 1.54) is 11.9 Å². The van der Waals surface area contributed by atoms with Gasteiger partial charge < -0.3 is 14.5 Å². The van der Waals surface area contributed by atoms with Crippen LogP contribution in [-0.4, -0.2) is 52.8 Å². The minimum Gasteiger partial charge on any atom is -0.335 e. The number of amides is 2. The molecule has 1 fully saturated rings. The Morgan fingerprint density at radius 3 is 2.25 bits per heavy atom. The molecule has 0 spiro atoms. The van der Waals surface area contributed by atoms with Crippen LogP contribution >= 0.6 is 23.5 Å². The van der Waals surface area contributed by atoms with E-state index >= 15 is 0 Å². The third-order valence-corrected chi connectivity index (χ3v) is 6.78. The van der Waals surface area contributed by atoms with Crippen LogP contribution < -0.4 is 4.72 Å². The van der Waals surface area contributed by atoms with E-state index in [0.29, 0.717) is 37.4 Å². The zero-order valence-electron chi connectivity index (χ0n) is 17.6. The second-order valence-electron chi connectivity index (χ2n) is 7.44. The number of aromatic nitrogens is 1. The van der Waals surface area contributed by atoms with E-state index in [4.69, 9.17) is 11.6 Å². The Morgan fingerprint density at radius 1 is 0.906 bits per heavy atom. The van der Waals surface area contributed by atoms with Gasteiger partial charge in [0.25, 0.3) is 11.8 Å². The lowest BCUT2D eigenvalue weighted by atomic mass is 10.1. The number of halogens is 1. The average Bonchev–Trinajstić information content (AvgIpc) is 2.85. The summed E-state index contributed by atoms with van der Waals surface area (Å²) in [5, 5.41) is 0.736. The van der Waals surface area contributed by atoms with Crippen LogP contribution in [0, 0.1) is 6.92 Å². The maximum atomic E-state index is 12.9. The second kappa shape index (κ2) is 10.1. The minimum absolute atomic E-state index is 0.0279. The van der Waals surface area contributed by atoms with Crippen LogP contribution in [0.4, 0.5) is 5.69 Å². The van der Waals surface area contributed by atoms with Gasteiger partial charge >= 0.3 is 0 Å². The van der Waals surface area contributed by atoms with Gasteiger partial charge in [0, 0.05) is 53.5 Å². The molecule has 164 valence electrons. The average molecular weight is 467 g/mol. The number of nitrogens with zero attached hydrogens (tertiary/aromatic N) is 3. The van der Waals surface area contributed by atoms with Crippen LogP contribution in [0.1, 0.15) is 26.4 Å². The molecule has 1 N–H and O–H groups in total. The topological polar surface area (TPSA) is 65.5 Å². The minimum atomic E-state index is -0.0967. The summed E-state index contributed by atoms with van der Waals surface area (Å²) in [7, 11) is 0. The maximum absolute atomic E-state index is 12.9. The molecule has 2 aromatic carbocycles. The summed E-state index contributed by atoms with van der Waals surface area (Å²) in [5.41, 5.74) is 2.99. The van der Waals surface area contributed by atoms with Crippen LogP contribution in [0.5, 0.6) is 0 Å². The van der Waals surface area contributed by atoms with E-state index in [2.05, 4.69) is 9.71 Å². The highest BCUT2D eigenvalue weighted by atomic mass is 35.5. The molecule has 0 radical (unpaired) electrons. The molecule has 0 atom stereocenters. The number of nitrogens with one attached hydrogen (secondary N) is 1. The Morgan fingerprint density at radius 2 is 1.59 bits per heavy atom. The van der Waals surface area contributed by atoms with E-state index in [1.54, 1.807) is 34.2 Å². The molecule has 0 bridgehead atoms. The van der Waals surface area contributed by atoms with Crippen LogP contribution in [-0.2, 0) is 0 Å². The predicted molar refractivity (Wildman–Crippen MR) is 128 cm³/mol. The molecule has 1 saturated heterocycles. The molecule has 3 aromatic rings. The third kappa shape index (κ3) is 5.06. The number of pyridine rings is 1. The Kier molecular flexibility index (Phi) is 6.97. The first-order chi connectivity index (χ1) is 15.5. The summed E-state index contributed by atoms with van der Waals surface area (Å²) < 4.78 is 3.29. The van der Waals surface area contributed by atoms with Gasteiger partial charge in [-0.15, -0.1) is 0 Å². The summed E-state index contributed by atoms with van der Waals surface area (Å²) in [6.07, 6.45) is 1.61. The van der Waals surface area contributed by atoms with Crippen LogP contribution in [0.25, 0.3) is 0 Å². The molecule has 0 saturated carbocycles. The van der Waals surface area contributed by atoms with E-state index in [0.717, 1.165) is 21.2 Å². The van der Waals surface area contributed by atoms with Gasteiger partial charge in [-0.05, 0) is 73.0 Å². The van der Waals surface area contributed by atoms with Crippen molar-refractivity contribution in [3.63, 3.8) is 0 Å². The lowest BCUT2D eigenvalue weighted by Crippen LogP contribution is -2.50. The van der Waals surface area contributed by atoms with Gasteiger partial charge in [0.15, 0.2) is 0 Å². The monoisotopic (exact) mass is 466 g/mol. The first-order valence-corrected chi connectivity index (χ1v) is 11.5. The molecule has 2 heterocycles. The van der Waals surface area contributed by atoms with Crippen LogP contribution in [0.3, 0.4) is 0 Å². The van der Waals surface area contributed by atoms with E-state index in [-0.39, 0.29) is 11.8 Å². The molecule has 4 rings (SSSR count). The van der Waals surface area contributed by atoms with Crippen molar-refractivity contribution in [2.45, 2.75) is 11.8 Å². The standard InChI is InChI=1S/C24H23ClN4O2S/c1-17-20(25)5-4-7-22(17)32-27-19-10-8-18(9-11-19)23(30)28-13-15-29(16-14-28)24(31)21-6-2-3-12-26-21/h2-12,27H,13-16H2,1H3. The van der Waals surface area contributed by atoms with E-state index in [9.17, 15) is 9.59 Å². The molecule has 32 heavy (non-hydrogen) atoms. The quantitative estimate of drug-likeness (QED) is 0.549. The number of benzene rings is 2. The fourth-order valence-corrected chi connectivity index (χ4v) is 4.44. The van der Waals surface area contributed by atoms with Crippen molar-refractivity contribution in [3.05, 3.63) is 88.7 Å². The molecule has 1 aliphatic heterocycles. The molecule has 8 heteroatoms. The van der Waals surface area contributed by atoms with Gasteiger partial charge in [-0.1, -0.05) is 23.7 Å². The van der Waals surface area contributed by atoms with Crippen molar-refractivity contribution in [2.75, 3.05) is 30.9 Å². The molecular weight excluding hydrogens is 444 g/mol. The Bertz CT molecular complexity index is 1100. The number of carbonyl (C=O) groups excluding carboxylic acids is 2. The zero-order valence-corrected chi connectivity index (χ0v) is 19.2. The Balaban J connectivity index is 1.31. The van der Waals surface area contributed by atoms with Crippen molar-refractivity contribution in [2.24, 2.45) is 0 Å². The summed E-state index contributed by atoms with van der Waals surface area (Å²) in [5.74, 6) is -0.125. The second-order valence-corrected chi connectivity index (χ2v) is 8.70. The Labute approximate surface area is 196 Å².